The Hall–Kier alpha value is -1.90. The maximum atomic E-state index is 13.6. The van der Waals surface area contributed by atoms with Gasteiger partial charge in [-0.2, -0.15) is 13.2 Å². The van der Waals surface area contributed by atoms with Gasteiger partial charge < -0.3 is 15.3 Å². The fourth-order valence-electron chi connectivity index (χ4n) is 2.24. The lowest BCUT2D eigenvalue weighted by Crippen LogP contribution is -2.58. The van der Waals surface area contributed by atoms with E-state index in [4.69, 9.17) is 5.11 Å². The summed E-state index contributed by atoms with van der Waals surface area (Å²) in [6.07, 6.45) is -4.58. The molecule has 0 aliphatic carbocycles. The zero-order chi connectivity index (χ0) is 15.8. The quantitative estimate of drug-likeness (QED) is 0.821. The summed E-state index contributed by atoms with van der Waals surface area (Å²) in [5.74, 6) is -4.63. The van der Waals surface area contributed by atoms with E-state index in [0.29, 0.717) is 12.1 Å². The highest BCUT2D eigenvalue weighted by atomic mass is 19.4. The van der Waals surface area contributed by atoms with Gasteiger partial charge in [0.1, 0.15) is 23.2 Å². The molecule has 2 N–H and O–H groups in total. The summed E-state index contributed by atoms with van der Waals surface area (Å²) in [5, 5.41) is 11.2. The summed E-state index contributed by atoms with van der Waals surface area (Å²) in [7, 11) is 0. The van der Waals surface area contributed by atoms with Crippen molar-refractivity contribution in [3.63, 3.8) is 0 Å². The van der Waals surface area contributed by atoms with Gasteiger partial charge in [0.15, 0.2) is 0 Å². The van der Waals surface area contributed by atoms with Gasteiger partial charge in [-0.1, -0.05) is 0 Å². The Morgan fingerprint density at radius 1 is 1.29 bits per heavy atom. The van der Waals surface area contributed by atoms with Crippen LogP contribution in [0.3, 0.4) is 0 Å². The van der Waals surface area contributed by atoms with Crippen molar-refractivity contribution in [2.45, 2.75) is 12.2 Å². The molecule has 0 bridgehead atoms. The third-order valence-corrected chi connectivity index (χ3v) is 3.19. The number of carboxylic acids is 1. The van der Waals surface area contributed by atoms with Crippen molar-refractivity contribution < 1.29 is 31.9 Å². The van der Waals surface area contributed by atoms with Gasteiger partial charge in [-0.05, 0) is 12.1 Å². The van der Waals surface area contributed by atoms with Crippen LogP contribution in [0.4, 0.5) is 27.6 Å². The third kappa shape index (κ3) is 3.07. The number of rotatable bonds is 2. The van der Waals surface area contributed by atoms with Crippen LogP contribution in [0.1, 0.15) is 10.4 Å². The zero-order valence-electron chi connectivity index (χ0n) is 10.5. The lowest BCUT2D eigenvalue weighted by atomic mass is 10.1. The number of alkyl halides is 3. The number of anilines is 1. The topological polar surface area (TPSA) is 52.6 Å². The van der Waals surface area contributed by atoms with E-state index in [1.165, 1.54) is 0 Å². The Bertz CT molecular complexity index is 538. The summed E-state index contributed by atoms with van der Waals surface area (Å²) in [5.41, 5.74) is -1.52. The maximum absolute atomic E-state index is 13.6. The summed E-state index contributed by atoms with van der Waals surface area (Å²) >= 11 is 0. The van der Waals surface area contributed by atoms with Crippen LogP contribution in [0.5, 0.6) is 0 Å². The summed E-state index contributed by atoms with van der Waals surface area (Å²) in [4.78, 5) is 11.5. The first-order valence-corrected chi connectivity index (χ1v) is 5.98. The minimum absolute atomic E-state index is 0.102. The highest BCUT2D eigenvalue weighted by Gasteiger charge is 2.45. The van der Waals surface area contributed by atoms with E-state index < -0.39 is 41.9 Å². The predicted octanol–water partition coefficient (Wildman–Crippen LogP) is 2.00. The fourth-order valence-corrected chi connectivity index (χ4v) is 2.24. The van der Waals surface area contributed by atoms with Crippen LogP contribution in [0.15, 0.2) is 12.1 Å². The third-order valence-electron chi connectivity index (χ3n) is 3.19. The number of carboxylic acid groups (broad SMARTS) is 1. The van der Waals surface area contributed by atoms with Crippen molar-refractivity contribution in [2.24, 2.45) is 0 Å². The molecule has 1 atom stereocenters. The van der Waals surface area contributed by atoms with Crippen LogP contribution in [0.2, 0.25) is 0 Å². The molecule has 0 amide bonds. The van der Waals surface area contributed by atoms with Gasteiger partial charge in [0.25, 0.3) is 0 Å². The molecule has 1 aromatic carbocycles. The second-order valence-electron chi connectivity index (χ2n) is 4.54. The fraction of sp³-hybridized carbons (Fsp3) is 0.417. The van der Waals surface area contributed by atoms with Gasteiger partial charge in [-0.25, -0.2) is 13.6 Å². The van der Waals surface area contributed by atoms with E-state index in [1.807, 2.05) is 0 Å². The minimum atomic E-state index is -4.58. The van der Waals surface area contributed by atoms with E-state index >= 15 is 0 Å². The Morgan fingerprint density at radius 2 is 1.86 bits per heavy atom. The van der Waals surface area contributed by atoms with Crippen LogP contribution in [-0.2, 0) is 0 Å². The standard InChI is InChI=1S/C12H11F5N2O2/c13-7-3-6(4-8(14)10(7)11(20)21)19-2-1-18-5-9(19)12(15,16)17/h3-4,9,18H,1-2,5H2,(H,20,21). The normalized spacial score (nSPS) is 19.7. The second-order valence-corrected chi connectivity index (χ2v) is 4.54. The molecular weight excluding hydrogens is 299 g/mol. The van der Waals surface area contributed by atoms with Gasteiger partial charge in [0.05, 0.1) is 0 Å². The lowest BCUT2D eigenvalue weighted by molar-refractivity contribution is -0.149. The largest absolute Gasteiger partial charge is 0.477 e. The van der Waals surface area contributed by atoms with Crippen molar-refractivity contribution in [1.29, 1.82) is 0 Å². The van der Waals surface area contributed by atoms with E-state index in [9.17, 15) is 26.7 Å². The van der Waals surface area contributed by atoms with Gasteiger partial charge in [-0.15, -0.1) is 0 Å². The molecule has 1 saturated heterocycles. The zero-order valence-corrected chi connectivity index (χ0v) is 10.5. The predicted molar refractivity (Wildman–Crippen MR) is 63.4 cm³/mol. The molecule has 4 nitrogen and oxygen atoms in total. The van der Waals surface area contributed by atoms with Crippen molar-refractivity contribution in [3.8, 4) is 0 Å². The van der Waals surface area contributed by atoms with Crippen molar-refractivity contribution in [2.75, 3.05) is 24.5 Å². The Labute approximate surface area is 116 Å². The number of hydrogen-bond donors (Lipinski definition) is 2. The number of aromatic carboxylic acids is 1. The van der Waals surface area contributed by atoms with Crippen molar-refractivity contribution in [3.05, 3.63) is 29.3 Å². The molecule has 1 aliphatic heterocycles. The number of hydrogen-bond acceptors (Lipinski definition) is 3. The molecule has 1 unspecified atom stereocenters. The van der Waals surface area contributed by atoms with Gasteiger partial charge in [0.2, 0.25) is 0 Å². The molecule has 1 aromatic rings. The average molecular weight is 310 g/mol. The number of piperazine rings is 1. The second kappa shape index (κ2) is 5.47. The maximum Gasteiger partial charge on any atom is 0.409 e. The summed E-state index contributed by atoms with van der Waals surface area (Å²) in [6.45, 7) is -0.292. The summed E-state index contributed by atoms with van der Waals surface area (Å²) in [6, 6.07) is -0.714. The molecule has 116 valence electrons. The van der Waals surface area contributed by atoms with E-state index in [1.54, 1.807) is 0 Å². The molecule has 0 saturated carbocycles. The first kappa shape index (κ1) is 15.5. The minimum Gasteiger partial charge on any atom is -0.477 e. The van der Waals surface area contributed by atoms with Crippen LogP contribution >= 0.6 is 0 Å². The molecule has 9 heteroatoms. The molecular formula is C12H11F5N2O2. The summed E-state index contributed by atoms with van der Waals surface area (Å²) < 4.78 is 66.0. The SMILES string of the molecule is O=C(O)c1c(F)cc(N2CCNCC2C(F)(F)F)cc1F. The average Bonchev–Trinajstić information content (AvgIpc) is 2.36. The number of carbonyl (C=O) groups is 1. The van der Waals surface area contributed by atoms with Gasteiger partial charge in [-0.3, -0.25) is 0 Å². The van der Waals surface area contributed by atoms with Gasteiger partial charge in [0, 0.05) is 25.3 Å². The molecule has 21 heavy (non-hydrogen) atoms. The van der Waals surface area contributed by atoms with Crippen molar-refractivity contribution >= 4 is 11.7 Å². The monoisotopic (exact) mass is 310 g/mol. The smallest absolute Gasteiger partial charge is 0.409 e. The molecule has 0 radical (unpaired) electrons. The molecule has 0 spiro atoms. The van der Waals surface area contributed by atoms with Crippen molar-refractivity contribution in [1.82, 2.24) is 5.32 Å². The number of benzene rings is 1. The molecule has 2 rings (SSSR count). The van der Waals surface area contributed by atoms with Gasteiger partial charge >= 0.3 is 12.1 Å². The highest BCUT2D eigenvalue weighted by Crippen LogP contribution is 2.31. The number of halogens is 5. The number of nitrogens with one attached hydrogen (secondary N) is 1. The van der Waals surface area contributed by atoms with E-state index in [-0.39, 0.29) is 18.8 Å². The lowest BCUT2D eigenvalue weighted by Gasteiger charge is -2.38. The molecule has 0 aromatic heterocycles. The van der Waals surface area contributed by atoms with Crippen LogP contribution in [0, 0.1) is 11.6 Å². The Morgan fingerprint density at radius 3 is 2.33 bits per heavy atom. The van der Waals surface area contributed by atoms with Crippen LogP contribution < -0.4 is 10.2 Å². The first-order chi connectivity index (χ1) is 9.71. The Balaban J connectivity index is 2.43. The molecule has 1 heterocycles. The van der Waals surface area contributed by atoms with Crippen LogP contribution in [0.25, 0.3) is 0 Å². The Kier molecular flexibility index (Phi) is 4.04. The van der Waals surface area contributed by atoms with Crippen LogP contribution in [-0.4, -0.2) is 42.9 Å². The molecule has 1 aliphatic rings. The van der Waals surface area contributed by atoms with E-state index in [2.05, 4.69) is 5.32 Å². The molecule has 1 fully saturated rings. The van der Waals surface area contributed by atoms with E-state index in [0.717, 1.165) is 4.90 Å². The number of nitrogens with zero attached hydrogens (tertiary/aromatic N) is 1. The highest BCUT2D eigenvalue weighted by molar-refractivity contribution is 5.88. The first-order valence-electron chi connectivity index (χ1n) is 5.98.